The molecule has 1 aromatic carbocycles. The standard InChI is InChI=1S/C17H25F2NO/c1-2-8-20-15(7-9-21-12-17(18)19)11-14-10-13-5-3-4-6-16(13)14/h3-6,14-15,17,20H,2,7-12H2,1H3. The summed E-state index contributed by atoms with van der Waals surface area (Å²) >= 11 is 0. The summed E-state index contributed by atoms with van der Waals surface area (Å²) in [6.45, 7) is 3.05. The monoisotopic (exact) mass is 297 g/mol. The van der Waals surface area contributed by atoms with Gasteiger partial charge in [0.1, 0.15) is 6.61 Å². The van der Waals surface area contributed by atoms with Crippen LogP contribution in [0.3, 0.4) is 0 Å². The van der Waals surface area contributed by atoms with Gasteiger partial charge in [-0.05, 0) is 49.3 Å². The molecule has 0 aliphatic heterocycles. The second kappa shape index (κ2) is 8.44. The van der Waals surface area contributed by atoms with E-state index in [1.54, 1.807) is 0 Å². The summed E-state index contributed by atoms with van der Waals surface area (Å²) in [5.74, 6) is 0.602. The van der Waals surface area contributed by atoms with Crippen LogP contribution in [0.1, 0.15) is 43.2 Å². The van der Waals surface area contributed by atoms with Gasteiger partial charge in [0.15, 0.2) is 0 Å². The fourth-order valence-corrected chi connectivity index (χ4v) is 2.97. The zero-order chi connectivity index (χ0) is 15.1. The van der Waals surface area contributed by atoms with Crippen LogP contribution in [0.5, 0.6) is 0 Å². The molecule has 0 heterocycles. The third-order valence-corrected chi connectivity index (χ3v) is 4.07. The molecule has 1 aliphatic rings. The first kappa shape index (κ1) is 16.4. The van der Waals surface area contributed by atoms with Gasteiger partial charge in [-0.15, -0.1) is 0 Å². The summed E-state index contributed by atoms with van der Waals surface area (Å²) in [5, 5.41) is 3.52. The predicted octanol–water partition coefficient (Wildman–Crippen LogP) is 3.76. The molecule has 2 atom stereocenters. The molecule has 2 nitrogen and oxygen atoms in total. The summed E-state index contributed by atoms with van der Waals surface area (Å²) in [6.07, 6.45) is 1.71. The molecular formula is C17H25F2NO. The SMILES string of the molecule is CCCNC(CCOCC(F)F)CC1Cc2ccccc21. The number of nitrogens with one attached hydrogen (secondary N) is 1. The van der Waals surface area contributed by atoms with Crippen molar-refractivity contribution in [3.63, 3.8) is 0 Å². The van der Waals surface area contributed by atoms with E-state index < -0.39 is 13.0 Å². The molecule has 2 rings (SSSR count). The first-order valence-electron chi connectivity index (χ1n) is 7.87. The van der Waals surface area contributed by atoms with Crippen molar-refractivity contribution < 1.29 is 13.5 Å². The number of fused-ring (bicyclic) bond motifs is 1. The van der Waals surface area contributed by atoms with Gasteiger partial charge < -0.3 is 10.1 Å². The zero-order valence-electron chi connectivity index (χ0n) is 12.7. The largest absolute Gasteiger partial charge is 0.375 e. The summed E-state index contributed by atoms with van der Waals surface area (Å²) < 4.78 is 29.1. The Bertz CT molecular complexity index is 425. The minimum absolute atomic E-state index is 0.348. The van der Waals surface area contributed by atoms with E-state index in [2.05, 4.69) is 36.5 Å². The first-order chi connectivity index (χ1) is 10.2. The van der Waals surface area contributed by atoms with Gasteiger partial charge in [0.2, 0.25) is 0 Å². The molecule has 0 aromatic heterocycles. The van der Waals surface area contributed by atoms with Gasteiger partial charge in [-0.3, -0.25) is 0 Å². The van der Waals surface area contributed by atoms with E-state index >= 15 is 0 Å². The van der Waals surface area contributed by atoms with Crippen LogP contribution in [-0.2, 0) is 11.2 Å². The molecule has 1 aromatic rings. The number of rotatable bonds is 10. The van der Waals surface area contributed by atoms with Crippen LogP contribution in [0.2, 0.25) is 0 Å². The fourth-order valence-electron chi connectivity index (χ4n) is 2.97. The highest BCUT2D eigenvalue weighted by Gasteiger charge is 2.27. The molecule has 0 saturated heterocycles. The van der Waals surface area contributed by atoms with Crippen LogP contribution in [0.25, 0.3) is 0 Å². The third kappa shape index (κ3) is 5.04. The topological polar surface area (TPSA) is 21.3 Å². The van der Waals surface area contributed by atoms with Crippen LogP contribution in [-0.4, -0.2) is 32.2 Å². The Morgan fingerprint density at radius 1 is 1.33 bits per heavy atom. The highest BCUT2D eigenvalue weighted by molar-refractivity contribution is 5.39. The molecule has 2 unspecified atom stereocenters. The quantitative estimate of drug-likeness (QED) is 0.664. The molecule has 1 aliphatic carbocycles. The van der Waals surface area contributed by atoms with Crippen molar-refractivity contribution in [2.45, 2.75) is 51.0 Å². The van der Waals surface area contributed by atoms with E-state index in [0.29, 0.717) is 18.6 Å². The molecule has 1 N–H and O–H groups in total. The lowest BCUT2D eigenvalue weighted by Gasteiger charge is -2.33. The molecule has 0 spiro atoms. The minimum Gasteiger partial charge on any atom is -0.375 e. The zero-order valence-corrected chi connectivity index (χ0v) is 12.7. The van der Waals surface area contributed by atoms with Crippen LogP contribution < -0.4 is 5.32 Å². The smallest absolute Gasteiger partial charge is 0.261 e. The predicted molar refractivity (Wildman–Crippen MR) is 81.0 cm³/mol. The molecule has 4 heteroatoms. The lowest BCUT2D eigenvalue weighted by Crippen LogP contribution is -2.35. The molecule has 0 radical (unpaired) electrons. The van der Waals surface area contributed by atoms with Gasteiger partial charge in [-0.25, -0.2) is 8.78 Å². The van der Waals surface area contributed by atoms with Crippen molar-refractivity contribution in [3.8, 4) is 0 Å². The Morgan fingerprint density at radius 2 is 2.14 bits per heavy atom. The van der Waals surface area contributed by atoms with Crippen molar-refractivity contribution in [1.82, 2.24) is 5.32 Å². The van der Waals surface area contributed by atoms with E-state index in [-0.39, 0.29) is 0 Å². The van der Waals surface area contributed by atoms with Gasteiger partial charge in [0.05, 0.1) is 0 Å². The number of alkyl halides is 2. The Kier molecular flexibility index (Phi) is 6.58. The normalized spacial score (nSPS) is 18.4. The van der Waals surface area contributed by atoms with E-state index in [4.69, 9.17) is 4.74 Å². The molecule has 0 fully saturated rings. The molecule has 0 saturated carbocycles. The average molecular weight is 297 g/mol. The average Bonchev–Trinajstić information content (AvgIpc) is 2.45. The lowest BCUT2D eigenvalue weighted by molar-refractivity contribution is 0.0140. The van der Waals surface area contributed by atoms with Gasteiger partial charge in [-0.1, -0.05) is 31.2 Å². The Labute approximate surface area is 125 Å². The maximum Gasteiger partial charge on any atom is 0.261 e. The first-order valence-corrected chi connectivity index (χ1v) is 7.87. The van der Waals surface area contributed by atoms with Crippen LogP contribution in [0.15, 0.2) is 24.3 Å². The van der Waals surface area contributed by atoms with E-state index in [0.717, 1.165) is 32.2 Å². The third-order valence-electron chi connectivity index (χ3n) is 4.07. The minimum atomic E-state index is -2.37. The summed E-state index contributed by atoms with van der Waals surface area (Å²) in [6, 6.07) is 8.91. The number of halogens is 2. The van der Waals surface area contributed by atoms with E-state index in [1.165, 1.54) is 11.1 Å². The van der Waals surface area contributed by atoms with Crippen LogP contribution in [0.4, 0.5) is 8.78 Å². The number of ether oxygens (including phenoxy) is 1. The van der Waals surface area contributed by atoms with Crippen molar-refractivity contribution >= 4 is 0 Å². The van der Waals surface area contributed by atoms with E-state index in [1.807, 2.05) is 0 Å². The van der Waals surface area contributed by atoms with Crippen molar-refractivity contribution in [1.29, 1.82) is 0 Å². The summed E-state index contributed by atoms with van der Waals surface area (Å²) in [4.78, 5) is 0. The van der Waals surface area contributed by atoms with Gasteiger partial charge in [0, 0.05) is 12.6 Å². The number of benzene rings is 1. The number of hydrogen-bond acceptors (Lipinski definition) is 2. The molecule has 0 amide bonds. The molecule has 0 bridgehead atoms. The van der Waals surface area contributed by atoms with E-state index in [9.17, 15) is 8.78 Å². The second-order valence-electron chi connectivity index (χ2n) is 5.74. The van der Waals surface area contributed by atoms with Gasteiger partial charge in [0.25, 0.3) is 6.43 Å². The van der Waals surface area contributed by atoms with Gasteiger partial charge in [-0.2, -0.15) is 0 Å². The molecule has 118 valence electrons. The van der Waals surface area contributed by atoms with Crippen LogP contribution >= 0.6 is 0 Å². The Hall–Kier alpha value is -1.00. The molecule has 21 heavy (non-hydrogen) atoms. The second-order valence-corrected chi connectivity index (χ2v) is 5.74. The summed E-state index contributed by atoms with van der Waals surface area (Å²) in [7, 11) is 0. The Balaban J connectivity index is 1.77. The Morgan fingerprint density at radius 3 is 2.86 bits per heavy atom. The number of hydrogen-bond donors (Lipinski definition) is 1. The maximum absolute atomic E-state index is 12.1. The highest BCUT2D eigenvalue weighted by atomic mass is 19.3. The van der Waals surface area contributed by atoms with Crippen molar-refractivity contribution in [2.75, 3.05) is 19.8 Å². The fraction of sp³-hybridized carbons (Fsp3) is 0.647. The van der Waals surface area contributed by atoms with Gasteiger partial charge >= 0.3 is 0 Å². The van der Waals surface area contributed by atoms with Crippen molar-refractivity contribution in [2.24, 2.45) is 0 Å². The molecular weight excluding hydrogens is 272 g/mol. The summed E-state index contributed by atoms with van der Waals surface area (Å²) in [5.41, 5.74) is 2.90. The maximum atomic E-state index is 12.1. The van der Waals surface area contributed by atoms with Crippen LogP contribution in [0, 0.1) is 0 Å². The highest BCUT2D eigenvalue weighted by Crippen LogP contribution is 2.38. The van der Waals surface area contributed by atoms with Crippen molar-refractivity contribution in [3.05, 3.63) is 35.4 Å². The lowest BCUT2D eigenvalue weighted by atomic mass is 9.74.